The van der Waals surface area contributed by atoms with E-state index in [0.717, 1.165) is 60.5 Å². The Hall–Kier alpha value is -1.40. The van der Waals surface area contributed by atoms with Crippen LogP contribution in [0.5, 0.6) is 11.5 Å². The second-order valence-corrected chi connectivity index (χ2v) is 7.50. The Morgan fingerprint density at radius 3 is 2.60 bits per heavy atom. The highest BCUT2D eigenvalue weighted by atomic mass is 32.2. The monoisotopic (exact) mass is 366 g/mol. The Labute approximate surface area is 155 Å². The average molecular weight is 367 g/mol. The molecule has 2 rings (SSSR count). The number of ether oxygens (including phenoxy) is 2. The molecule has 1 N–H and O–H groups in total. The van der Waals surface area contributed by atoms with E-state index in [2.05, 4.69) is 5.32 Å². The summed E-state index contributed by atoms with van der Waals surface area (Å²) in [5, 5.41) is 3.21. The molecule has 1 saturated heterocycles. The van der Waals surface area contributed by atoms with Crippen molar-refractivity contribution in [3.63, 3.8) is 0 Å². The van der Waals surface area contributed by atoms with Gasteiger partial charge in [0.15, 0.2) is 11.5 Å². The van der Waals surface area contributed by atoms with Crippen molar-refractivity contribution in [2.75, 3.05) is 46.7 Å². The number of nitrogens with zero attached hydrogens (tertiary/aromatic N) is 1. The van der Waals surface area contributed by atoms with Gasteiger partial charge in [-0.05, 0) is 57.0 Å². The van der Waals surface area contributed by atoms with Gasteiger partial charge in [0, 0.05) is 30.2 Å². The predicted octanol–water partition coefficient (Wildman–Crippen LogP) is 3.03. The Kier molecular flexibility index (Phi) is 8.41. The minimum Gasteiger partial charge on any atom is -0.493 e. The van der Waals surface area contributed by atoms with Crippen molar-refractivity contribution in [1.29, 1.82) is 0 Å². The fourth-order valence-corrected chi connectivity index (χ4v) is 4.01. The van der Waals surface area contributed by atoms with E-state index in [-0.39, 0.29) is 5.91 Å². The standard InChI is InChI=1S/C19H30N2O3S/c1-20-10-6-15-7-11-21(12-8-15)19(22)9-13-25-16-4-5-17(23-2)18(14-16)24-3/h4-5,14-15,20H,6-13H2,1-3H3. The number of thioether (sulfide) groups is 1. The number of piperidine rings is 1. The van der Waals surface area contributed by atoms with Gasteiger partial charge in [-0.1, -0.05) is 0 Å². The molecule has 6 heteroatoms. The molecule has 0 atom stereocenters. The van der Waals surface area contributed by atoms with Crippen molar-refractivity contribution in [1.82, 2.24) is 10.2 Å². The molecule has 0 saturated carbocycles. The van der Waals surface area contributed by atoms with Gasteiger partial charge in [-0.2, -0.15) is 0 Å². The number of amides is 1. The van der Waals surface area contributed by atoms with Crippen LogP contribution in [0.15, 0.2) is 23.1 Å². The maximum absolute atomic E-state index is 12.4. The van der Waals surface area contributed by atoms with Crippen LogP contribution in [0.3, 0.4) is 0 Å². The van der Waals surface area contributed by atoms with Gasteiger partial charge >= 0.3 is 0 Å². The fourth-order valence-electron chi connectivity index (χ4n) is 3.14. The van der Waals surface area contributed by atoms with E-state index in [9.17, 15) is 4.79 Å². The first-order valence-electron chi connectivity index (χ1n) is 8.95. The maximum Gasteiger partial charge on any atom is 0.223 e. The summed E-state index contributed by atoms with van der Waals surface area (Å²) in [5.74, 6) is 3.28. The van der Waals surface area contributed by atoms with Gasteiger partial charge in [-0.3, -0.25) is 4.79 Å². The number of carbonyl (C=O) groups is 1. The molecule has 1 fully saturated rings. The molecule has 25 heavy (non-hydrogen) atoms. The minimum atomic E-state index is 0.278. The number of hydrogen-bond acceptors (Lipinski definition) is 5. The zero-order valence-electron chi connectivity index (χ0n) is 15.5. The first kappa shape index (κ1) is 19.9. The molecule has 1 aromatic carbocycles. The molecule has 1 heterocycles. The first-order chi connectivity index (χ1) is 12.2. The number of likely N-dealkylation sites (tertiary alicyclic amines) is 1. The van der Waals surface area contributed by atoms with Crippen LogP contribution in [0, 0.1) is 5.92 Å². The zero-order chi connectivity index (χ0) is 18.1. The molecule has 1 aliphatic rings. The topological polar surface area (TPSA) is 50.8 Å². The van der Waals surface area contributed by atoms with Crippen LogP contribution in [-0.2, 0) is 4.79 Å². The van der Waals surface area contributed by atoms with Gasteiger partial charge in [0.05, 0.1) is 14.2 Å². The molecule has 0 aliphatic carbocycles. The summed E-state index contributed by atoms with van der Waals surface area (Å²) in [4.78, 5) is 15.5. The summed E-state index contributed by atoms with van der Waals surface area (Å²) in [6.07, 6.45) is 4.07. The molecular formula is C19H30N2O3S. The van der Waals surface area contributed by atoms with Crippen molar-refractivity contribution < 1.29 is 14.3 Å². The van der Waals surface area contributed by atoms with E-state index in [1.54, 1.807) is 26.0 Å². The lowest BCUT2D eigenvalue weighted by molar-refractivity contribution is -0.132. The van der Waals surface area contributed by atoms with E-state index in [0.29, 0.717) is 6.42 Å². The van der Waals surface area contributed by atoms with Gasteiger partial charge in [-0.25, -0.2) is 0 Å². The third-order valence-electron chi connectivity index (χ3n) is 4.71. The Morgan fingerprint density at radius 1 is 1.24 bits per heavy atom. The quantitative estimate of drug-likeness (QED) is 0.681. The van der Waals surface area contributed by atoms with Gasteiger partial charge in [-0.15, -0.1) is 11.8 Å². The SMILES string of the molecule is CNCCC1CCN(C(=O)CCSc2ccc(OC)c(OC)c2)CC1. The van der Waals surface area contributed by atoms with Gasteiger partial charge in [0.25, 0.3) is 0 Å². The highest BCUT2D eigenvalue weighted by Crippen LogP contribution is 2.32. The van der Waals surface area contributed by atoms with Crippen LogP contribution in [0.25, 0.3) is 0 Å². The summed E-state index contributed by atoms with van der Waals surface area (Å²) in [5.41, 5.74) is 0. The zero-order valence-corrected chi connectivity index (χ0v) is 16.4. The Morgan fingerprint density at radius 2 is 1.96 bits per heavy atom. The number of rotatable bonds is 9. The van der Waals surface area contributed by atoms with E-state index >= 15 is 0 Å². The number of carbonyl (C=O) groups excluding carboxylic acids is 1. The molecule has 1 amide bonds. The molecule has 1 aromatic rings. The van der Waals surface area contributed by atoms with Crippen molar-refractivity contribution in [2.45, 2.75) is 30.6 Å². The summed E-state index contributed by atoms with van der Waals surface area (Å²) >= 11 is 1.68. The molecule has 5 nitrogen and oxygen atoms in total. The van der Waals surface area contributed by atoms with Crippen molar-refractivity contribution >= 4 is 17.7 Å². The smallest absolute Gasteiger partial charge is 0.223 e. The number of nitrogens with one attached hydrogen (secondary N) is 1. The van der Waals surface area contributed by atoms with Gasteiger partial charge < -0.3 is 19.7 Å². The van der Waals surface area contributed by atoms with Crippen LogP contribution in [0.1, 0.15) is 25.7 Å². The molecule has 1 aliphatic heterocycles. The lowest BCUT2D eigenvalue weighted by Gasteiger charge is -2.32. The third-order valence-corrected chi connectivity index (χ3v) is 5.70. The van der Waals surface area contributed by atoms with E-state index in [4.69, 9.17) is 9.47 Å². The highest BCUT2D eigenvalue weighted by molar-refractivity contribution is 7.99. The molecule has 140 valence electrons. The summed E-state index contributed by atoms with van der Waals surface area (Å²) in [6.45, 7) is 2.89. The Bertz CT molecular complexity index is 545. The van der Waals surface area contributed by atoms with E-state index < -0.39 is 0 Å². The summed E-state index contributed by atoms with van der Waals surface area (Å²) < 4.78 is 10.6. The number of methoxy groups -OCH3 is 2. The molecular weight excluding hydrogens is 336 g/mol. The summed E-state index contributed by atoms with van der Waals surface area (Å²) in [7, 11) is 5.26. The molecule has 0 spiro atoms. The molecule has 0 bridgehead atoms. The molecule has 0 unspecified atom stereocenters. The molecule has 0 aromatic heterocycles. The van der Waals surface area contributed by atoms with Crippen LogP contribution in [-0.4, -0.2) is 57.5 Å². The fraction of sp³-hybridized carbons (Fsp3) is 0.632. The maximum atomic E-state index is 12.4. The van der Waals surface area contributed by atoms with E-state index in [1.165, 1.54) is 6.42 Å². The highest BCUT2D eigenvalue weighted by Gasteiger charge is 2.22. The second-order valence-electron chi connectivity index (χ2n) is 6.33. The van der Waals surface area contributed by atoms with Crippen LogP contribution in [0.4, 0.5) is 0 Å². The van der Waals surface area contributed by atoms with Crippen LogP contribution >= 0.6 is 11.8 Å². The minimum absolute atomic E-state index is 0.278. The van der Waals surface area contributed by atoms with Crippen molar-refractivity contribution in [3.05, 3.63) is 18.2 Å². The number of benzene rings is 1. The van der Waals surface area contributed by atoms with Crippen LogP contribution in [0.2, 0.25) is 0 Å². The number of hydrogen-bond donors (Lipinski definition) is 1. The predicted molar refractivity (Wildman–Crippen MR) is 103 cm³/mol. The lowest BCUT2D eigenvalue weighted by atomic mass is 9.93. The van der Waals surface area contributed by atoms with Gasteiger partial charge in [0.2, 0.25) is 5.91 Å². The third kappa shape index (κ3) is 6.12. The Balaban J connectivity index is 1.72. The molecule has 0 radical (unpaired) electrons. The first-order valence-corrected chi connectivity index (χ1v) is 9.93. The van der Waals surface area contributed by atoms with Gasteiger partial charge in [0.1, 0.15) is 0 Å². The van der Waals surface area contributed by atoms with Crippen LogP contribution < -0.4 is 14.8 Å². The van der Waals surface area contributed by atoms with Crippen molar-refractivity contribution in [3.8, 4) is 11.5 Å². The normalized spacial score (nSPS) is 15.2. The second kappa shape index (κ2) is 10.6. The van der Waals surface area contributed by atoms with E-state index in [1.807, 2.05) is 30.1 Å². The summed E-state index contributed by atoms with van der Waals surface area (Å²) in [6, 6.07) is 5.86. The van der Waals surface area contributed by atoms with Crippen molar-refractivity contribution in [2.24, 2.45) is 5.92 Å². The largest absolute Gasteiger partial charge is 0.493 e. The lowest BCUT2D eigenvalue weighted by Crippen LogP contribution is -2.39. The average Bonchev–Trinajstić information content (AvgIpc) is 2.66.